The second-order valence-electron chi connectivity index (χ2n) is 6.57. The first-order valence-corrected chi connectivity index (χ1v) is 8.72. The fourth-order valence-corrected chi connectivity index (χ4v) is 4.04. The van der Waals surface area contributed by atoms with Gasteiger partial charge in [0.05, 0.1) is 25.6 Å². The number of likely N-dealkylation sites (tertiary alicyclic amines) is 1. The van der Waals surface area contributed by atoms with Gasteiger partial charge in [0, 0.05) is 25.5 Å². The van der Waals surface area contributed by atoms with Crippen LogP contribution in [0.3, 0.4) is 0 Å². The van der Waals surface area contributed by atoms with E-state index < -0.39 is 0 Å². The topological polar surface area (TPSA) is 58.6 Å². The van der Waals surface area contributed by atoms with E-state index >= 15 is 0 Å². The van der Waals surface area contributed by atoms with Crippen LogP contribution in [0.5, 0.6) is 5.75 Å². The molecule has 2 aromatic rings. The lowest BCUT2D eigenvalue weighted by Crippen LogP contribution is -2.40. The highest BCUT2D eigenvalue weighted by Crippen LogP contribution is 2.33. The average molecular weight is 338 g/mol. The Labute approximate surface area is 147 Å². The lowest BCUT2D eigenvalue weighted by atomic mass is 10.1. The van der Waals surface area contributed by atoms with E-state index in [0.717, 1.165) is 43.2 Å². The van der Waals surface area contributed by atoms with Crippen LogP contribution in [0.25, 0.3) is 0 Å². The minimum atomic E-state index is 0.191. The first-order chi connectivity index (χ1) is 12.3. The number of rotatable bonds is 4. The zero-order valence-electron chi connectivity index (χ0n) is 14.3. The van der Waals surface area contributed by atoms with E-state index in [0.29, 0.717) is 12.5 Å². The van der Waals surface area contributed by atoms with Gasteiger partial charge in [-0.1, -0.05) is 12.1 Å². The maximum atomic E-state index is 12.8. The zero-order valence-corrected chi connectivity index (χ0v) is 14.3. The summed E-state index contributed by atoms with van der Waals surface area (Å²) in [7, 11) is 1.64. The molecule has 0 N–H and O–H groups in total. The third-order valence-electron chi connectivity index (χ3n) is 5.20. The van der Waals surface area contributed by atoms with Gasteiger partial charge in [0.15, 0.2) is 0 Å². The summed E-state index contributed by atoms with van der Waals surface area (Å²) in [6.45, 7) is 1.71. The Morgan fingerprint density at radius 3 is 2.76 bits per heavy atom. The molecule has 0 unspecified atom stereocenters. The highest BCUT2D eigenvalue weighted by molar-refractivity contribution is 5.80. The number of anilines is 1. The molecule has 6 nitrogen and oxygen atoms in total. The summed E-state index contributed by atoms with van der Waals surface area (Å²) in [5.74, 6) is 1.76. The summed E-state index contributed by atoms with van der Waals surface area (Å²) in [5, 5.41) is 0. The van der Waals surface area contributed by atoms with Crippen molar-refractivity contribution in [1.82, 2.24) is 14.9 Å². The van der Waals surface area contributed by atoms with Gasteiger partial charge in [0.25, 0.3) is 0 Å². The number of amides is 1. The summed E-state index contributed by atoms with van der Waals surface area (Å²) in [5.41, 5.74) is 0.994. The molecule has 2 aliphatic rings. The molecule has 2 atom stereocenters. The number of nitrogens with zero attached hydrogens (tertiary/aromatic N) is 4. The molecule has 0 radical (unpaired) electrons. The Bertz CT molecular complexity index is 752. The fraction of sp³-hybridized carbons (Fsp3) is 0.421. The first kappa shape index (κ1) is 15.9. The van der Waals surface area contributed by atoms with Crippen LogP contribution in [0.4, 0.5) is 5.95 Å². The number of benzene rings is 1. The van der Waals surface area contributed by atoms with Crippen LogP contribution in [0, 0.1) is 0 Å². The van der Waals surface area contributed by atoms with Crippen molar-refractivity contribution in [3.63, 3.8) is 0 Å². The number of fused-ring (bicyclic) bond motifs is 1. The van der Waals surface area contributed by atoms with E-state index in [-0.39, 0.29) is 11.9 Å². The van der Waals surface area contributed by atoms with Gasteiger partial charge in [-0.15, -0.1) is 0 Å². The molecule has 0 bridgehead atoms. The molecule has 4 rings (SSSR count). The lowest BCUT2D eigenvalue weighted by molar-refractivity contribution is -0.131. The van der Waals surface area contributed by atoms with Crippen molar-refractivity contribution in [1.29, 1.82) is 0 Å². The quantitative estimate of drug-likeness (QED) is 0.852. The zero-order chi connectivity index (χ0) is 17.2. The predicted octanol–water partition coefficient (Wildman–Crippen LogP) is 1.91. The van der Waals surface area contributed by atoms with Crippen LogP contribution >= 0.6 is 0 Å². The minimum absolute atomic E-state index is 0.191. The van der Waals surface area contributed by atoms with Gasteiger partial charge < -0.3 is 14.5 Å². The van der Waals surface area contributed by atoms with Gasteiger partial charge in [-0.25, -0.2) is 9.97 Å². The maximum absolute atomic E-state index is 12.8. The fourth-order valence-electron chi connectivity index (χ4n) is 4.04. The van der Waals surface area contributed by atoms with Crippen molar-refractivity contribution in [2.45, 2.75) is 31.3 Å². The predicted molar refractivity (Wildman–Crippen MR) is 94.6 cm³/mol. The van der Waals surface area contributed by atoms with Crippen molar-refractivity contribution in [2.24, 2.45) is 0 Å². The van der Waals surface area contributed by atoms with Gasteiger partial charge in [-0.3, -0.25) is 4.79 Å². The number of methoxy groups -OCH3 is 1. The molecule has 0 aliphatic carbocycles. The summed E-state index contributed by atoms with van der Waals surface area (Å²) in [6, 6.07) is 10.2. The van der Waals surface area contributed by atoms with Gasteiger partial charge in [0.1, 0.15) is 5.75 Å². The Morgan fingerprint density at radius 2 is 1.96 bits per heavy atom. The normalized spacial score (nSPS) is 22.1. The Morgan fingerprint density at radius 1 is 1.16 bits per heavy atom. The van der Waals surface area contributed by atoms with Gasteiger partial charge in [-0.05, 0) is 36.6 Å². The van der Waals surface area contributed by atoms with Gasteiger partial charge in [-0.2, -0.15) is 0 Å². The Balaban J connectivity index is 1.45. The molecule has 130 valence electrons. The standard InChI is InChI=1S/C19H22N4O2/c1-25-15-5-2-4-14(12-15)13-18(24)22-10-6-17-16(22)7-11-23(17)19-20-8-3-9-21-19/h2-5,8-9,12,16-17H,6-7,10-11,13H2,1H3/t16-,17+/m0/s1. The second kappa shape index (κ2) is 6.70. The molecule has 1 amide bonds. The summed E-state index contributed by atoms with van der Waals surface area (Å²) in [6.07, 6.45) is 5.93. The van der Waals surface area contributed by atoms with Crippen LogP contribution in [0.2, 0.25) is 0 Å². The lowest BCUT2D eigenvalue weighted by Gasteiger charge is -2.25. The van der Waals surface area contributed by atoms with Crippen LogP contribution in [-0.2, 0) is 11.2 Å². The van der Waals surface area contributed by atoms with E-state index in [1.165, 1.54) is 0 Å². The van der Waals surface area contributed by atoms with Gasteiger partial charge >= 0.3 is 0 Å². The van der Waals surface area contributed by atoms with Crippen LogP contribution < -0.4 is 9.64 Å². The van der Waals surface area contributed by atoms with E-state index in [1.54, 1.807) is 19.5 Å². The summed E-state index contributed by atoms with van der Waals surface area (Å²) < 4.78 is 5.25. The smallest absolute Gasteiger partial charge is 0.227 e. The molecular weight excluding hydrogens is 316 g/mol. The van der Waals surface area contributed by atoms with Crippen molar-refractivity contribution >= 4 is 11.9 Å². The SMILES string of the molecule is COc1cccc(CC(=O)N2CC[C@@H]3[C@@H]2CCN3c2ncccn2)c1. The minimum Gasteiger partial charge on any atom is -0.497 e. The van der Waals surface area contributed by atoms with Crippen molar-refractivity contribution < 1.29 is 9.53 Å². The number of hydrogen-bond acceptors (Lipinski definition) is 5. The largest absolute Gasteiger partial charge is 0.497 e. The number of carbonyl (C=O) groups excluding carboxylic acids is 1. The highest BCUT2D eigenvalue weighted by Gasteiger charge is 2.45. The highest BCUT2D eigenvalue weighted by atomic mass is 16.5. The molecule has 0 spiro atoms. The van der Waals surface area contributed by atoms with Gasteiger partial charge in [0.2, 0.25) is 11.9 Å². The van der Waals surface area contributed by atoms with E-state index in [2.05, 4.69) is 14.9 Å². The Hall–Kier alpha value is -2.63. The van der Waals surface area contributed by atoms with E-state index in [1.807, 2.05) is 35.2 Å². The van der Waals surface area contributed by atoms with Crippen molar-refractivity contribution in [2.75, 3.05) is 25.1 Å². The molecule has 1 aromatic carbocycles. The number of aromatic nitrogens is 2. The molecule has 1 aromatic heterocycles. The maximum Gasteiger partial charge on any atom is 0.227 e. The second-order valence-corrected chi connectivity index (χ2v) is 6.57. The number of hydrogen-bond donors (Lipinski definition) is 0. The summed E-state index contributed by atoms with van der Waals surface area (Å²) >= 11 is 0. The molecule has 0 saturated carbocycles. The molecule has 25 heavy (non-hydrogen) atoms. The molecule has 2 aliphatic heterocycles. The first-order valence-electron chi connectivity index (χ1n) is 8.72. The van der Waals surface area contributed by atoms with Crippen LogP contribution in [0.15, 0.2) is 42.7 Å². The number of ether oxygens (including phenoxy) is 1. The van der Waals surface area contributed by atoms with E-state index in [9.17, 15) is 4.79 Å². The molecule has 2 fully saturated rings. The van der Waals surface area contributed by atoms with Crippen molar-refractivity contribution in [3.05, 3.63) is 48.3 Å². The monoisotopic (exact) mass is 338 g/mol. The Kier molecular flexibility index (Phi) is 4.26. The molecule has 2 saturated heterocycles. The molecule has 6 heteroatoms. The van der Waals surface area contributed by atoms with Crippen LogP contribution in [0.1, 0.15) is 18.4 Å². The average Bonchev–Trinajstić information content (AvgIpc) is 3.24. The van der Waals surface area contributed by atoms with Crippen molar-refractivity contribution in [3.8, 4) is 5.75 Å². The third kappa shape index (κ3) is 3.04. The van der Waals surface area contributed by atoms with E-state index in [4.69, 9.17) is 4.74 Å². The third-order valence-corrected chi connectivity index (χ3v) is 5.20. The molecular formula is C19H22N4O2. The molecule has 3 heterocycles. The number of carbonyl (C=O) groups is 1. The van der Waals surface area contributed by atoms with Crippen LogP contribution in [-0.4, -0.2) is 53.1 Å². The summed E-state index contributed by atoms with van der Waals surface area (Å²) in [4.78, 5) is 25.9.